The predicted molar refractivity (Wildman–Crippen MR) is 107 cm³/mol. The molecule has 1 N–H and O–H groups in total. The standard InChI is InChI=1S/C18H11ClF5N5O2S/c1-28(9-3-2-8(20)11(19)12(9)21)15(30)10-6-26-16(31)29(10)17-27-13-7(18(22,23)24)4-5-25-14(13)32-17/h2-5,10H,6H2,1H3,(H,26,31). The molecule has 1 aliphatic heterocycles. The molecule has 0 aliphatic carbocycles. The van der Waals surface area contributed by atoms with Gasteiger partial charge in [-0.2, -0.15) is 13.2 Å². The van der Waals surface area contributed by atoms with Crippen LogP contribution in [0, 0.1) is 11.6 Å². The van der Waals surface area contributed by atoms with Crippen LogP contribution < -0.4 is 15.1 Å². The Balaban J connectivity index is 1.72. The van der Waals surface area contributed by atoms with Gasteiger partial charge >= 0.3 is 12.2 Å². The van der Waals surface area contributed by atoms with E-state index in [1.54, 1.807) is 0 Å². The second kappa shape index (κ2) is 7.81. The molecular formula is C18H11ClF5N5O2S. The third-order valence-corrected chi connectivity index (χ3v) is 6.08. The summed E-state index contributed by atoms with van der Waals surface area (Å²) in [5.41, 5.74) is -1.84. The number of rotatable bonds is 3. The summed E-state index contributed by atoms with van der Waals surface area (Å²) >= 11 is 6.26. The van der Waals surface area contributed by atoms with E-state index in [-0.39, 0.29) is 22.2 Å². The fourth-order valence-corrected chi connectivity index (χ4v) is 4.34. The summed E-state index contributed by atoms with van der Waals surface area (Å²) in [4.78, 5) is 34.8. The number of benzene rings is 1. The molecule has 0 bridgehead atoms. The molecule has 2 aromatic heterocycles. The van der Waals surface area contributed by atoms with E-state index in [2.05, 4.69) is 15.3 Å². The highest BCUT2D eigenvalue weighted by molar-refractivity contribution is 7.22. The number of pyridine rings is 1. The average molecular weight is 492 g/mol. The number of alkyl halides is 3. The van der Waals surface area contributed by atoms with Gasteiger partial charge in [0.1, 0.15) is 27.2 Å². The van der Waals surface area contributed by atoms with Crippen LogP contribution in [0.4, 0.5) is 37.6 Å². The van der Waals surface area contributed by atoms with Gasteiger partial charge in [-0.3, -0.25) is 9.69 Å². The minimum atomic E-state index is -4.70. The van der Waals surface area contributed by atoms with Crippen molar-refractivity contribution in [2.45, 2.75) is 12.2 Å². The number of amides is 3. The highest BCUT2D eigenvalue weighted by atomic mass is 35.5. The third kappa shape index (κ3) is 3.60. The summed E-state index contributed by atoms with van der Waals surface area (Å²) in [5.74, 6) is -2.99. The van der Waals surface area contributed by atoms with Gasteiger partial charge in [0.05, 0.1) is 11.3 Å². The van der Waals surface area contributed by atoms with Crippen LogP contribution >= 0.6 is 22.9 Å². The monoisotopic (exact) mass is 491 g/mol. The van der Waals surface area contributed by atoms with Gasteiger partial charge in [-0.05, 0) is 18.2 Å². The largest absolute Gasteiger partial charge is 0.418 e. The maximum Gasteiger partial charge on any atom is 0.418 e. The minimum Gasteiger partial charge on any atom is -0.335 e. The molecular weight excluding hydrogens is 481 g/mol. The first-order valence-electron chi connectivity index (χ1n) is 8.81. The van der Waals surface area contributed by atoms with Crippen molar-refractivity contribution in [2.75, 3.05) is 23.4 Å². The number of fused-ring (bicyclic) bond motifs is 1. The van der Waals surface area contributed by atoms with Crippen LogP contribution in [0.1, 0.15) is 5.56 Å². The van der Waals surface area contributed by atoms with Gasteiger partial charge in [-0.15, -0.1) is 0 Å². The second-order valence-corrected chi connectivity index (χ2v) is 8.00. The van der Waals surface area contributed by atoms with E-state index in [1.165, 1.54) is 7.05 Å². The Bertz CT molecular complexity index is 1250. The molecule has 3 heterocycles. The van der Waals surface area contributed by atoms with Crippen LogP contribution in [0.5, 0.6) is 0 Å². The number of carbonyl (C=O) groups is 2. The summed E-state index contributed by atoms with van der Waals surface area (Å²) in [6.07, 6.45) is -3.73. The summed E-state index contributed by atoms with van der Waals surface area (Å²) in [6.45, 7) is -0.214. The molecule has 1 aliphatic rings. The summed E-state index contributed by atoms with van der Waals surface area (Å²) < 4.78 is 67.7. The van der Waals surface area contributed by atoms with Gasteiger partial charge in [0.25, 0.3) is 5.91 Å². The van der Waals surface area contributed by atoms with Crippen molar-refractivity contribution >= 4 is 56.0 Å². The number of anilines is 2. The smallest absolute Gasteiger partial charge is 0.335 e. The zero-order valence-electron chi connectivity index (χ0n) is 15.9. The molecule has 1 unspecified atom stereocenters. The quantitative estimate of drug-likeness (QED) is 0.440. The lowest BCUT2D eigenvalue weighted by Gasteiger charge is -2.25. The lowest BCUT2D eigenvalue weighted by Crippen LogP contribution is -2.47. The van der Waals surface area contributed by atoms with E-state index < -0.39 is 51.9 Å². The zero-order chi connectivity index (χ0) is 23.4. The molecule has 3 amide bonds. The van der Waals surface area contributed by atoms with Crippen molar-refractivity contribution < 1.29 is 31.5 Å². The fraction of sp³-hybridized carbons (Fsp3) is 0.222. The van der Waals surface area contributed by atoms with Crippen molar-refractivity contribution in [3.63, 3.8) is 0 Å². The molecule has 1 aromatic carbocycles. The van der Waals surface area contributed by atoms with Crippen LogP contribution in [0.25, 0.3) is 10.3 Å². The predicted octanol–water partition coefficient (Wildman–Crippen LogP) is 4.20. The minimum absolute atomic E-state index is 0.0783. The molecule has 1 saturated heterocycles. The topological polar surface area (TPSA) is 78.4 Å². The first-order valence-corrected chi connectivity index (χ1v) is 10.0. The first kappa shape index (κ1) is 22.1. The molecule has 1 fully saturated rings. The second-order valence-electron chi connectivity index (χ2n) is 6.67. The number of hydrogen-bond acceptors (Lipinski definition) is 5. The Kier molecular flexibility index (Phi) is 5.41. The molecule has 4 rings (SSSR count). The molecule has 168 valence electrons. The Morgan fingerprint density at radius 1 is 1.31 bits per heavy atom. The van der Waals surface area contributed by atoms with E-state index in [0.717, 1.165) is 34.2 Å². The Labute approximate surface area is 185 Å². The van der Waals surface area contributed by atoms with Crippen molar-refractivity contribution in [1.29, 1.82) is 0 Å². The summed E-state index contributed by atoms with van der Waals surface area (Å²) in [7, 11) is 1.19. The van der Waals surface area contributed by atoms with Crippen molar-refractivity contribution in [3.8, 4) is 0 Å². The van der Waals surface area contributed by atoms with Crippen LogP contribution in [-0.2, 0) is 11.0 Å². The number of urea groups is 1. The first-order chi connectivity index (χ1) is 15.0. The van der Waals surface area contributed by atoms with Crippen LogP contribution in [-0.4, -0.2) is 41.5 Å². The Morgan fingerprint density at radius 3 is 2.72 bits per heavy atom. The van der Waals surface area contributed by atoms with Gasteiger partial charge in [-0.1, -0.05) is 22.9 Å². The van der Waals surface area contributed by atoms with E-state index >= 15 is 0 Å². The molecule has 0 spiro atoms. The van der Waals surface area contributed by atoms with Gasteiger partial charge < -0.3 is 10.2 Å². The Morgan fingerprint density at radius 2 is 2.03 bits per heavy atom. The fourth-order valence-electron chi connectivity index (χ4n) is 3.19. The number of halogens is 6. The Hall–Kier alpha value is -3.06. The summed E-state index contributed by atoms with van der Waals surface area (Å²) in [6, 6.07) is 0.596. The molecule has 0 radical (unpaired) electrons. The number of aromatic nitrogens is 2. The SMILES string of the molecule is CN(C(=O)C1CNC(=O)N1c1nc2c(C(F)(F)F)ccnc2s1)c1ccc(F)c(Cl)c1F. The number of thiazole rings is 1. The molecule has 1 atom stereocenters. The van der Waals surface area contributed by atoms with E-state index in [0.29, 0.717) is 11.3 Å². The van der Waals surface area contributed by atoms with Gasteiger partial charge in [0.15, 0.2) is 10.9 Å². The lowest BCUT2D eigenvalue weighted by molar-refractivity contribution is -0.136. The third-order valence-electron chi connectivity index (χ3n) is 4.77. The van der Waals surface area contributed by atoms with Crippen molar-refractivity contribution in [2.24, 2.45) is 0 Å². The molecule has 7 nitrogen and oxygen atoms in total. The lowest BCUT2D eigenvalue weighted by atomic mass is 10.2. The highest BCUT2D eigenvalue weighted by Crippen LogP contribution is 2.38. The number of likely N-dealkylation sites (N-methyl/N-ethyl adjacent to an activating group) is 1. The van der Waals surface area contributed by atoms with E-state index in [9.17, 15) is 31.5 Å². The summed E-state index contributed by atoms with van der Waals surface area (Å²) in [5, 5.41) is 1.41. The number of hydrogen-bond donors (Lipinski definition) is 1. The van der Waals surface area contributed by atoms with E-state index in [1.807, 2.05) is 0 Å². The van der Waals surface area contributed by atoms with Crippen molar-refractivity contribution in [1.82, 2.24) is 15.3 Å². The maximum atomic E-state index is 14.4. The molecule has 32 heavy (non-hydrogen) atoms. The number of nitrogens with zero attached hydrogens (tertiary/aromatic N) is 4. The number of nitrogens with one attached hydrogen (secondary N) is 1. The average Bonchev–Trinajstić information content (AvgIpc) is 3.33. The molecule has 0 saturated carbocycles. The van der Waals surface area contributed by atoms with Gasteiger partial charge in [0, 0.05) is 19.8 Å². The number of carbonyl (C=O) groups excluding carboxylic acids is 2. The molecule has 14 heteroatoms. The maximum absolute atomic E-state index is 14.4. The highest BCUT2D eigenvalue weighted by Gasteiger charge is 2.42. The van der Waals surface area contributed by atoms with Gasteiger partial charge in [-0.25, -0.2) is 23.5 Å². The zero-order valence-corrected chi connectivity index (χ0v) is 17.4. The van der Waals surface area contributed by atoms with Gasteiger partial charge in [0.2, 0.25) is 0 Å². The van der Waals surface area contributed by atoms with E-state index in [4.69, 9.17) is 11.6 Å². The molecule has 3 aromatic rings. The van der Waals surface area contributed by atoms with Crippen LogP contribution in [0.2, 0.25) is 5.02 Å². The van der Waals surface area contributed by atoms with Crippen LogP contribution in [0.15, 0.2) is 24.4 Å². The van der Waals surface area contributed by atoms with Crippen LogP contribution in [0.3, 0.4) is 0 Å². The normalized spacial score (nSPS) is 16.5. The van der Waals surface area contributed by atoms with Crippen molar-refractivity contribution in [3.05, 3.63) is 46.6 Å².